The maximum Gasteiger partial charge on any atom is 0.239 e. The molecule has 1 unspecified atom stereocenters. The van der Waals surface area contributed by atoms with E-state index in [9.17, 15) is 9.59 Å². The van der Waals surface area contributed by atoms with Gasteiger partial charge in [-0.2, -0.15) is 0 Å². The topological polar surface area (TPSA) is 64.7 Å². The minimum Gasteiger partial charge on any atom is -0.369 e. The molecule has 29 heavy (non-hydrogen) atoms. The molecule has 2 aliphatic rings. The lowest BCUT2D eigenvalue weighted by Crippen LogP contribution is -2.53. The number of piperazine rings is 1. The SMILES string of the molecule is CC(CNC(=O)CNC(=O)CC1CCCCC1)N1CCN(c2ccccc2)CC1. The first-order valence-corrected chi connectivity index (χ1v) is 11.2. The Hall–Kier alpha value is -2.08. The van der Waals surface area contributed by atoms with Gasteiger partial charge in [-0.05, 0) is 37.8 Å². The van der Waals surface area contributed by atoms with Crippen LogP contribution in [0.5, 0.6) is 0 Å². The Kier molecular flexibility index (Phi) is 8.35. The summed E-state index contributed by atoms with van der Waals surface area (Å²) >= 11 is 0. The quantitative estimate of drug-likeness (QED) is 0.703. The third-order valence-electron chi connectivity index (χ3n) is 6.30. The number of anilines is 1. The van der Waals surface area contributed by atoms with Crippen LogP contribution in [0.25, 0.3) is 0 Å². The average molecular weight is 401 g/mol. The van der Waals surface area contributed by atoms with Crippen molar-refractivity contribution in [2.24, 2.45) is 5.92 Å². The van der Waals surface area contributed by atoms with Crippen molar-refractivity contribution in [3.8, 4) is 0 Å². The van der Waals surface area contributed by atoms with Crippen molar-refractivity contribution in [3.05, 3.63) is 30.3 Å². The van der Waals surface area contributed by atoms with Crippen LogP contribution in [0, 0.1) is 5.92 Å². The number of hydrogen-bond donors (Lipinski definition) is 2. The fraction of sp³-hybridized carbons (Fsp3) is 0.652. The van der Waals surface area contributed by atoms with Crippen LogP contribution in [0.15, 0.2) is 30.3 Å². The molecule has 1 aromatic carbocycles. The van der Waals surface area contributed by atoms with E-state index in [0.717, 1.165) is 39.0 Å². The maximum absolute atomic E-state index is 12.1. The molecular weight excluding hydrogens is 364 g/mol. The van der Waals surface area contributed by atoms with Crippen LogP contribution in [-0.4, -0.2) is 62.0 Å². The molecule has 1 aliphatic carbocycles. The first-order chi connectivity index (χ1) is 14.1. The predicted octanol–water partition coefficient (Wildman–Crippen LogP) is 2.40. The molecule has 0 radical (unpaired) electrons. The number of hydrogen-bond acceptors (Lipinski definition) is 4. The zero-order chi connectivity index (χ0) is 20.5. The number of rotatable bonds is 8. The Labute approximate surface area is 175 Å². The third kappa shape index (κ3) is 7.03. The van der Waals surface area contributed by atoms with Crippen LogP contribution in [0.1, 0.15) is 45.4 Å². The molecule has 1 aromatic rings. The van der Waals surface area contributed by atoms with Crippen LogP contribution in [0.3, 0.4) is 0 Å². The summed E-state index contributed by atoms with van der Waals surface area (Å²) in [7, 11) is 0. The second kappa shape index (κ2) is 11.2. The highest BCUT2D eigenvalue weighted by atomic mass is 16.2. The largest absolute Gasteiger partial charge is 0.369 e. The highest BCUT2D eigenvalue weighted by molar-refractivity contribution is 5.84. The summed E-state index contributed by atoms with van der Waals surface area (Å²) in [5.74, 6) is 0.412. The second-order valence-electron chi connectivity index (χ2n) is 8.50. The van der Waals surface area contributed by atoms with Crippen LogP contribution in [0.2, 0.25) is 0 Å². The van der Waals surface area contributed by atoms with E-state index < -0.39 is 0 Å². The molecule has 2 fully saturated rings. The van der Waals surface area contributed by atoms with Gasteiger partial charge in [0, 0.05) is 50.9 Å². The first-order valence-electron chi connectivity index (χ1n) is 11.2. The number of para-hydroxylation sites is 1. The summed E-state index contributed by atoms with van der Waals surface area (Å²) in [6.07, 6.45) is 6.62. The van der Waals surface area contributed by atoms with Gasteiger partial charge >= 0.3 is 0 Å². The van der Waals surface area contributed by atoms with E-state index in [0.29, 0.717) is 18.9 Å². The van der Waals surface area contributed by atoms with Gasteiger partial charge in [-0.3, -0.25) is 14.5 Å². The summed E-state index contributed by atoms with van der Waals surface area (Å²) in [5, 5.41) is 5.76. The summed E-state index contributed by atoms with van der Waals surface area (Å²) < 4.78 is 0. The molecule has 0 aromatic heterocycles. The van der Waals surface area contributed by atoms with Gasteiger partial charge in [0.05, 0.1) is 6.54 Å². The molecule has 160 valence electrons. The zero-order valence-corrected chi connectivity index (χ0v) is 17.7. The molecule has 0 spiro atoms. The van der Waals surface area contributed by atoms with Crippen molar-refractivity contribution < 1.29 is 9.59 Å². The smallest absolute Gasteiger partial charge is 0.239 e. The number of nitrogens with zero attached hydrogens (tertiary/aromatic N) is 2. The molecule has 1 heterocycles. The molecule has 2 N–H and O–H groups in total. The van der Waals surface area contributed by atoms with Gasteiger partial charge in [-0.1, -0.05) is 37.5 Å². The van der Waals surface area contributed by atoms with Crippen LogP contribution >= 0.6 is 0 Å². The normalized spacial score (nSPS) is 19.6. The summed E-state index contributed by atoms with van der Waals surface area (Å²) in [6.45, 7) is 6.83. The average Bonchev–Trinajstić information content (AvgIpc) is 2.77. The molecule has 6 nitrogen and oxygen atoms in total. The van der Waals surface area contributed by atoms with Gasteiger partial charge < -0.3 is 15.5 Å². The number of nitrogens with one attached hydrogen (secondary N) is 2. The van der Waals surface area contributed by atoms with Crippen molar-refractivity contribution in [2.75, 3.05) is 44.2 Å². The summed E-state index contributed by atoms with van der Waals surface area (Å²) in [4.78, 5) is 29.0. The summed E-state index contributed by atoms with van der Waals surface area (Å²) in [6, 6.07) is 10.8. The maximum atomic E-state index is 12.1. The zero-order valence-electron chi connectivity index (χ0n) is 17.7. The van der Waals surface area contributed by atoms with Crippen molar-refractivity contribution in [1.29, 1.82) is 0 Å². The van der Waals surface area contributed by atoms with Gasteiger partial charge in [0.2, 0.25) is 11.8 Å². The van der Waals surface area contributed by atoms with Crippen LogP contribution in [0.4, 0.5) is 5.69 Å². The molecule has 1 saturated heterocycles. The van der Waals surface area contributed by atoms with Crippen molar-refractivity contribution in [3.63, 3.8) is 0 Å². The molecule has 1 saturated carbocycles. The Bertz CT molecular complexity index is 638. The predicted molar refractivity (Wildman–Crippen MR) is 117 cm³/mol. The van der Waals surface area contributed by atoms with E-state index in [1.807, 2.05) is 6.07 Å². The van der Waals surface area contributed by atoms with Gasteiger partial charge in [-0.25, -0.2) is 0 Å². The molecule has 2 amide bonds. The minimum absolute atomic E-state index is 0.0112. The fourth-order valence-corrected chi connectivity index (χ4v) is 4.42. The molecule has 1 aliphatic heterocycles. The Morgan fingerprint density at radius 1 is 0.966 bits per heavy atom. The first kappa shape index (κ1) is 21.6. The summed E-state index contributed by atoms with van der Waals surface area (Å²) in [5.41, 5.74) is 1.28. The Morgan fingerprint density at radius 2 is 1.66 bits per heavy atom. The standard InChI is InChI=1S/C23H36N4O2/c1-19(26-12-14-27(15-13-26)21-10-6-3-7-11-21)17-24-23(29)18-25-22(28)16-20-8-4-2-5-9-20/h3,6-7,10-11,19-20H,2,4-5,8-9,12-18H2,1H3,(H,24,29)(H,25,28). The molecule has 0 bridgehead atoms. The lowest BCUT2D eigenvalue weighted by atomic mass is 9.87. The van der Waals surface area contributed by atoms with Crippen molar-refractivity contribution in [1.82, 2.24) is 15.5 Å². The van der Waals surface area contributed by atoms with Crippen molar-refractivity contribution >= 4 is 17.5 Å². The number of benzene rings is 1. The van der Waals surface area contributed by atoms with Crippen molar-refractivity contribution in [2.45, 2.75) is 51.5 Å². The third-order valence-corrected chi connectivity index (χ3v) is 6.30. The highest BCUT2D eigenvalue weighted by Gasteiger charge is 2.22. The number of amides is 2. The molecule has 3 rings (SSSR count). The van der Waals surface area contributed by atoms with E-state index >= 15 is 0 Å². The lowest BCUT2D eigenvalue weighted by Gasteiger charge is -2.39. The van der Waals surface area contributed by atoms with E-state index in [2.05, 4.69) is 51.6 Å². The minimum atomic E-state index is -0.100. The molecular formula is C23H36N4O2. The van der Waals surface area contributed by atoms with E-state index in [4.69, 9.17) is 0 Å². The van der Waals surface area contributed by atoms with Crippen LogP contribution < -0.4 is 15.5 Å². The van der Waals surface area contributed by atoms with E-state index in [1.165, 1.54) is 24.9 Å². The molecule has 1 atom stereocenters. The second-order valence-corrected chi connectivity index (χ2v) is 8.50. The van der Waals surface area contributed by atoms with E-state index in [-0.39, 0.29) is 24.4 Å². The number of carbonyl (C=O) groups is 2. The van der Waals surface area contributed by atoms with E-state index in [1.54, 1.807) is 0 Å². The fourth-order valence-electron chi connectivity index (χ4n) is 4.42. The monoisotopic (exact) mass is 400 g/mol. The van der Waals surface area contributed by atoms with Gasteiger partial charge in [0.15, 0.2) is 0 Å². The lowest BCUT2D eigenvalue weighted by molar-refractivity contribution is -0.126. The highest BCUT2D eigenvalue weighted by Crippen LogP contribution is 2.26. The Balaban J connectivity index is 1.29. The van der Waals surface area contributed by atoms with Gasteiger partial charge in [0.1, 0.15) is 0 Å². The van der Waals surface area contributed by atoms with Gasteiger partial charge in [0.25, 0.3) is 0 Å². The van der Waals surface area contributed by atoms with Gasteiger partial charge in [-0.15, -0.1) is 0 Å². The molecule has 6 heteroatoms. The Morgan fingerprint density at radius 3 is 2.34 bits per heavy atom. The number of carbonyl (C=O) groups excluding carboxylic acids is 2. The van der Waals surface area contributed by atoms with Crippen LogP contribution in [-0.2, 0) is 9.59 Å².